The number of halogens is 1. The molecule has 1 aromatic heterocycles. The molecular weight excluding hydrogens is 254 g/mol. The van der Waals surface area contributed by atoms with Crippen molar-refractivity contribution in [1.82, 2.24) is 9.55 Å². The maximum absolute atomic E-state index is 8.92. The van der Waals surface area contributed by atoms with Gasteiger partial charge in [0.1, 0.15) is 6.07 Å². The third kappa shape index (κ3) is 1.79. The van der Waals surface area contributed by atoms with E-state index in [0.29, 0.717) is 5.69 Å². The van der Waals surface area contributed by atoms with Crippen molar-refractivity contribution < 1.29 is 0 Å². The molecule has 0 spiro atoms. The Kier molecular flexibility index (Phi) is 2.57. The molecule has 3 nitrogen and oxygen atoms in total. The van der Waals surface area contributed by atoms with Crippen LogP contribution in [0.2, 0.25) is 0 Å². The Labute approximate surface area is 96.1 Å². The number of nitrogens with zero attached hydrogens (tertiary/aromatic N) is 3. The van der Waals surface area contributed by atoms with Gasteiger partial charge in [-0.3, -0.25) is 0 Å². The van der Waals surface area contributed by atoms with Gasteiger partial charge < -0.3 is 4.57 Å². The lowest BCUT2D eigenvalue weighted by Gasteiger charge is -2.03. The molecule has 2 rings (SSSR count). The summed E-state index contributed by atoms with van der Waals surface area (Å²) in [5, 5.41) is 8.92. The number of aromatic nitrogens is 2. The Morgan fingerprint density at radius 2 is 2.27 bits per heavy atom. The molecule has 0 aliphatic carbocycles. The van der Waals surface area contributed by atoms with Crippen LogP contribution in [0, 0.1) is 11.3 Å². The van der Waals surface area contributed by atoms with E-state index in [9.17, 15) is 0 Å². The number of hydrogen-bond donors (Lipinski definition) is 0. The summed E-state index contributed by atoms with van der Waals surface area (Å²) in [7, 11) is 1.88. The van der Waals surface area contributed by atoms with Crippen molar-refractivity contribution in [1.29, 1.82) is 5.26 Å². The van der Waals surface area contributed by atoms with Crippen LogP contribution >= 0.6 is 15.9 Å². The lowest BCUT2D eigenvalue weighted by atomic mass is 10.1. The van der Waals surface area contributed by atoms with Crippen LogP contribution in [-0.4, -0.2) is 9.55 Å². The number of imidazole rings is 1. The zero-order valence-corrected chi connectivity index (χ0v) is 9.69. The van der Waals surface area contributed by atoms with Gasteiger partial charge in [0.15, 0.2) is 5.69 Å². The minimum atomic E-state index is 0.454. The molecule has 0 bridgehead atoms. The van der Waals surface area contributed by atoms with Gasteiger partial charge in [-0.2, -0.15) is 5.26 Å². The summed E-state index contributed by atoms with van der Waals surface area (Å²) in [4.78, 5) is 4.03. The predicted octanol–water partition coefficient (Wildman–Crippen LogP) is 2.72. The smallest absolute Gasteiger partial charge is 0.166 e. The fraction of sp³-hybridized carbons (Fsp3) is 0.0909. The van der Waals surface area contributed by atoms with Gasteiger partial charge in [-0.1, -0.05) is 28.1 Å². The lowest BCUT2D eigenvalue weighted by Crippen LogP contribution is -1.91. The van der Waals surface area contributed by atoms with Crippen LogP contribution in [0.4, 0.5) is 0 Å². The Morgan fingerprint density at radius 3 is 2.93 bits per heavy atom. The Hall–Kier alpha value is -1.60. The van der Waals surface area contributed by atoms with Crippen LogP contribution < -0.4 is 0 Å². The molecule has 0 fully saturated rings. The first-order chi connectivity index (χ1) is 7.22. The molecular formula is C11H8BrN3. The van der Waals surface area contributed by atoms with Crippen molar-refractivity contribution in [3.05, 3.63) is 40.8 Å². The van der Waals surface area contributed by atoms with Gasteiger partial charge in [0.05, 0.1) is 12.0 Å². The standard InChI is InChI=1S/C11H8BrN3/c1-15-7-14-10(6-13)11(15)8-3-2-4-9(12)5-8/h2-5,7H,1H3. The van der Waals surface area contributed by atoms with Crippen LogP contribution in [0.5, 0.6) is 0 Å². The number of aryl methyl sites for hydroxylation is 1. The van der Waals surface area contributed by atoms with Crippen LogP contribution in [0.25, 0.3) is 11.3 Å². The first-order valence-corrected chi connectivity index (χ1v) is 5.19. The number of rotatable bonds is 1. The van der Waals surface area contributed by atoms with E-state index in [2.05, 4.69) is 27.0 Å². The number of nitriles is 1. The highest BCUT2D eigenvalue weighted by Gasteiger charge is 2.10. The summed E-state index contributed by atoms with van der Waals surface area (Å²) in [6.07, 6.45) is 1.65. The van der Waals surface area contributed by atoms with E-state index < -0.39 is 0 Å². The molecule has 4 heteroatoms. The minimum absolute atomic E-state index is 0.454. The van der Waals surface area contributed by atoms with Gasteiger partial charge in [-0.25, -0.2) is 4.98 Å². The molecule has 0 saturated carbocycles. The number of hydrogen-bond acceptors (Lipinski definition) is 2. The SMILES string of the molecule is Cn1cnc(C#N)c1-c1cccc(Br)c1. The molecule has 0 atom stereocenters. The van der Waals surface area contributed by atoms with Crippen molar-refractivity contribution in [2.45, 2.75) is 0 Å². The molecule has 0 amide bonds. The highest BCUT2D eigenvalue weighted by Crippen LogP contribution is 2.24. The fourth-order valence-electron chi connectivity index (χ4n) is 1.49. The molecule has 0 N–H and O–H groups in total. The molecule has 0 aliphatic rings. The highest BCUT2D eigenvalue weighted by atomic mass is 79.9. The van der Waals surface area contributed by atoms with E-state index >= 15 is 0 Å². The van der Waals surface area contributed by atoms with E-state index in [0.717, 1.165) is 15.7 Å². The van der Waals surface area contributed by atoms with Crippen LogP contribution in [-0.2, 0) is 7.05 Å². The molecule has 74 valence electrons. The van der Waals surface area contributed by atoms with Crippen LogP contribution in [0.3, 0.4) is 0 Å². The Bertz CT molecular complexity index is 537. The van der Waals surface area contributed by atoms with Gasteiger partial charge >= 0.3 is 0 Å². The zero-order chi connectivity index (χ0) is 10.8. The van der Waals surface area contributed by atoms with Crippen molar-refractivity contribution in [3.63, 3.8) is 0 Å². The topological polar surface area (TPSA) is 41.6 Å². The van der Waals surface area contributed by atoms with Gasteiger partial charge in [-0.15, -0.1) is 0 Å². The normalized spacial score (nSPS) is 9.93. The molecule has 0 radical (unpaired) electrons. The largest absolute Gasteiger partial charge is 0.333 e. The molecule has 1 heterocycles. The minimum Gasteiger partial charge on any atom is -0.333 e. The first-order valence-electron chi connectivity index (χ1n) is 4.39. The average Bonchev–Trinajstić information content (AvgIpc) is 2.59. The van der Waals surface area contributed by atoms with E-state index in [1.165, 1.54) is 0 Å². The van der Waals surface area contributed by atoms with E-state index in [-0.39, 0.29) is 0 Å². The summed E-state index contributed by atoms with van der Waals surface area (Å²) < 4.78 is 2.84. The monoisotopic (exact) mass is 261 g/mol. The third-order valence-electron chi connectivity index (χ3n) is 2.14. The van der Waals surface area contributed by atoms with E-state index in [1.807, 2.05) is 35.9 Å². The summed E-state index contributed by atoms with van der Waals surface area (Å²) in [5.41, 5.74) is 2.29. The summed E-state index contributed by atoms with van der Waals surface area (Å²) >= 11 is 3.41. The Morgan fingerprint density at radius 1 is 1.47 bits per heavy atom. The molecule has 0 unspecified atom stereocenters. The maximum atomic E-state index is 8.92. The van der Waals surface area contributed by atoms with Crippen molar-refractivity contribution in [3.8, 4) is 17.3 Å². The predicted molar refractivity (Wildman–Crippen MR) is 61.1 cm³/mol. The second-order valence-electron chi connectivity index (χ2n) is 3.17. The van der Waals surface area contributed by atoms with Gasteiger partial charge in [0, 0.05) is 17.1 Å². The summed E-state index contributed by atoms with van der Waals surface area (Å²) in [6.45, 7) is 0. The van der Waals surface area contributed by atoms with Gasteiger partial charge in [-0.05, 0) is 12.1 Å². The lowest BCUT2D eigenvalue weighted by molar-refractivity contribution is 0.921. The number of benzene rings is 1. The quantitative estimate of drug-likeness (QED) is 0.792. The first kappa shape index (κ1) is 9.94. The second-order valence-corrected chi connectivity index (χ2v) is 4.09. The molecule has 15 heavy (non-hydrogen) atoms. The van der Waals surface area contributed by atoms with Crippen molar-refractivity contribution in [2.75, 3.05) is 0 Å². The summed E-state index contributed by atoms with van der Waals surface area (Å²) in [5.74, 6) is 0. The van der Waals surface area contributed by atoms with Gasteiger partial charge in [0.2, 0.25) is 0 Å². The van der Waals surface area contributed by atoms with Crippen LogP contribution in [0.15, 0.2) is 35.1 Å². The van der Waals surface area contributed by atoms with Crippen molar-refractivity contribution in [2.24, 2.45) is 7.05 Å². The highest BCUT2D eigenvalue weighted by molar-refractivity contribution is 9.10. The molecule has 2 aromatic rings. The second kappa shape index (κ2) is 3.87. The van der Waals surface area contributed by atoms with Crippen LogP contribution in [0.1, 0.15) is 5.69 Å². The third-order valence-corrected chi connectivity index (χ3v) is 2.63. The van der Waals surface area contributed by atoms with Crippen molar-refractivity contribution >= 4 is 15.9 Å². The fourth-order valence-corrected chi connectivity index (χ4v) is 1.89. The molecule has 0 aliphatic heterocycles. The maximum Gasteiger partial charge on any atom is 0.166 e. The zero-order valence-electron chi connectivity index (χ0n) is 8.11. The summed E-state index contributed by atoms with van der Waals surface area (Å²) in [6, 6.07) is 9.91. The molecule has 0 saturated heterocycles. The Balaban J connectivity index is 2.64. The van der Waals surface area contributed by atoms with E-state index in [1.54, 1.807) is 6.33 Å². The van der Waals surface area contributed by atoms with E-state index in [4.69, 9.17) is 5.26 Å². The molecule has 1 aromatic carbocycles. The average molecular weight is 262 g/mol. The van der Waals surface area contributed by atoms with Gasteiger partial charge in [0.25, 0.3) is 0 Å².